The quantitative estimate of drug-likeness (QED) is 0.449. The molecule has 8 nitrogen and oxygen atoms in total. The van der Waals surface area contributed by atoms with Crippen molar-refractivity contribution in [2.24, 2.45) is 0 Å². The fourth-order valence-corrected chi connectivity index (χ4v) is 4.48. The van der Waals surface area contributed by atoms with E-state index >= 15 is 0 Å². The van der Waals surface area contributed by atoms with Gasteiger partial charge in [-0.2, -0.15) is 0 Å². The topological polar surface area (TPSA) is 96.0 Å². The lowest BCUT2D eigenvalue weighted by molar-refractivity contribution is -0.140. The predicted octanol–water partition coefficient (Wildman–Crippen LogP) is 3.32. The number of nitrogens with one attached hydrogen (secondary N) is 1. The fraction of sp³-hybridized carbons (Fsp3) is 0.440. The van der Waals surface area contributed by atoms with Crippen molar-refractivity contribution >= 4 is 27.5 Å². The minimum atomic E-state index is -3.58. The molecule has 0 fully saturated rings. The second kappa shape index (κ2) is 13.1. The molecule has 0 saturated carbocycles. The van der Waals surface area contributed by atoms with Gasteiger partial charge < -0.3 is 15.0 Å². The molecule has 2 rings (SSSR count). The Hall–Kier alpha value is -3.14. The Bertz CT molecular complexity index is 1080. The van der Waals surface area contributed by atoms with E-state index in [0.29, 0.717) is 23.5 Å². The van der Waals surface area contributed by atoms with Gasteiger partial charge >= 0.3 is 0 Å². The number of hydrogen-bond donors (Lipinski definition) is 1. The number of carbonyl (C=O) groups is 2. The maximum Gasteiger partial charge on any atom is 0.242 e. The molecule has 0 radical (unpaired) electrons. The summed E-state index contributed by atoms with van der Waals surface area (Å²) in [5.41, 5.74) is 1.15. The van der Waals surface area contributed by atoms with Crippen molar-refractivity contribution in [2.45, 2.75) is 45.7 Å². The van der Waals surface area contributed by atoms with Gasteiger partial charge in [0.15, 0.2) is 0 Å². The number of amides is 2. The third kappa shape index (κ3) is 8.54. The van der Waals surface area contributed by atoms with Crippen LogP contribution in [0.4, 0.5) is 10.1 Å². The van der Waals surface area contributed by atoms with Crippen molar-refractivity contribution in [2.75, 3.05) is 30.8 Å². The van der Waals surface area contributed by atoms with Crippen molar-refractivity contribution in [1.82, 2.24) is 10.2 Å². The van der Waals surface area contributed by atoms with Crippen LogP contribution in [0.25, 0.3) is 0 Å². The zero-order valence-corrected chi connectivity index (χ0v) is 21.5. The third-order valence-corrected chi connectivity index (χ3v) is 6.69. The minimum absolute atomic E-state index is 0.0365. The van der Waals surface area contributed by atoms with Crippen LogP contribution in [-0.2, 0) is 26.2 Å². The van der Waals surface area contributed by atoms with Crippen molar-refractivity contribution in [3.8, 4) is 5.75 Å². The average Bonchev–Trinajstić information content (AvgIpc) is 2.83. The van der Waals surface area contributed by atoms with Gasteiger partial charge in [0.1, 0.15) is 17.6 Å². The van der Waals surface area contributed by atoms with Crippen molar-refractivity contribution in [3.05, 3.63) is 59.9 Å². The van der Waals surface area contributed by atoms with Crippen LogP contribution < -0.4 is 14.4 Å². The lowest BCUT2D eigenvalue weighted by Crippen LogP contribution is -2.47. The Morgan fingerprint density at radius 2 is 1.71 bits per heavy atom. The maximum absolute atomic E-state index is 13.3. The summed E-state index contributed by atoms with van der Waals surface area (Å²) in [7, 11) is -2.06. The average molecular weight is 508 g/mol. The molecule has 0 bridgehead atoms. The lowest BCUT2D eigenvalue weighted by atomic mass is 10.1. The van der Waals surface area contributed by atoms with E-state index in [-0.39, 0.29) is 43.6 Å². The first-order valence-electron chi connectivity index (χ1n) is 11.5. The van der Waals surface area contributed by atoms with Gasteiger partial charge in [0, 0.05) is 26.1 Å². The molecule has 192 valence electrons. The summed E-state index contributed by atoms with van der Waals surface area (Å²) in [5.74, 6) is -0.362. The van der Waals surface area contributed by atoms with Crippen LogP contribution in [0.3, 0.4) is 0 Å². The van der Waals surface area contributed by atoms with Crippen LogP contribution in [0.1, 0.15) is 38.7 Å². The van der Waals surface area contributed by atoms with Crippen LogP contribution in [0.15, 0.2) is 48.5 Å². The largest absolute Gasteiger partial charge is 0.497 e. The molecule has 0 spiro atoms. The monoisotopic (exact) mass is 507 g/mol. The lowest BCUT2D eigenvalue weighted by Gasteiger charge is -2.29. The zero-order chi connectivity index (χ0) is 26.0. The fourth-order valence-electron chi connectivity index (χ4n) is 3.52. The molecule has 10 heteroatoms. The molecule has 0 aliphatic carbocycles. The number of methoxy groups -OCH3 is 1. The summed E-state index contributed by atoms with van der Waals surface area (Å²) in [6, 6.07) is 11.6. The molecule has 0 aliphatic heterocycles. The van der Waals surface area contributed by atoms with E-state index in [4.69, 9.17) is 4.74 Å². The molecular formula is C25H34FN3O5S. The molecule has 0 saturated heterocycles. The van der Waals surface area contributed by atoms with Gasteiger partial charge in [-0.25, -0.2) is 12.8 Å². The van der Waals surface area contributed by atoms with Crippen LogP contribution in [-0.4, -0.2) is 57.6 Å². The van der Waals surface area contributed by atoms with Crippen molar-refractivity contribution in [1.29, 1.82) is 0 Å². The highest BCUT2D eigenvalue weighted by Crippen LogP contribution is 2.22. The van der Waals surface area contributed by atoms with Gasteiger partial charge in [-0.1, -0.05) is 19.1 Å². The second-order valence-electron chi connectivity index (χ2n) is 8.25. The predicted molar refractivity (Wildman–Crippen MR) is 134 cm³/mol. The molecule has 0 aromatic heterocycles. The van der Waals surface area contributed by atoms with E-state index in [0.717, 1.165) is 12.7 Å². The van der Waals surface area contributed by atoms with Crippen LogP contribution in [0.5, 0.6) is 5.75 Å². The number of anilines is 1. The number of halogens is 1. The van der Waals surface area contributed by atoms with Crippen molar-refractivity contribution < 1.29 is 27.1 Å². The Labute approximate surface area is 207 Å². The summed E-state index contributed by atoms with van der Waals surface area (Å²) in [6.45, 7) is 4.30. The summed E-state index contributed by atoms with van der Waals surface area (Å²) in [6.07, 6.45) is 2.16. The molecule has 1 atom stereocenters. The van der Waals surface area contributed by atoms with Crippen molar-refractivity contribution in [3.63, 3.8) is 0 Å². The molecule has 35 heavy (non-hydrogen) atoms. The number of rotatable bonds is 13. The van der Waals surface area contributed by atoms with Gasteiger partial charge in [-0.15, -0.1) is 0 Å². The summed E-state index contributed by atoms with van der Waals surface area (Å²) >= 11 is 0. The number of sulfonamides is 1. The van der Waals surface area contributed by atoms with Gasteiger partial charge in [0.05, 0.1) is 19.1 Å². The Morgan fingerprint density at radius 3 is 2.26 bits per heavy atom. The highest BCUT2D eigenvalue weighted by Gasteiger charge is 2.26. The first-order chi connectivity index (χ1) is 16.6. The Kier molecular flexibility index (Phi) is 10.5. The van der Waals surface area contributed by atoms with E-state index in [1.54, 1.807) is 43.3 Å². The van der Waals surface area contributed by atoms with Crippen LogP contribution >= 0.6 is 0 Å². The van der Waals surface area contributed by atoms with E-state index in [9.17, 15) is 22.4 Å². The van der Waals surface area contributed by atoms with Gasteiger partial charge in [0.2, 0.25) is 21.8 Å². The van der Waals surface area contributed by atoms with Crippen LogP contribution in [0, 0.1) is 5.82 Å². The normalized spacial score (nSPS) is 12.0. The molecule has 2 amide bonds. The number of hydrogen-bond acceptors (Lipinski definition) is 5. The zero-order valence-electron chi connectivity index (χ0n) is 20.7. The smallest absolute Gasteiger partial charge is 0.242 e. The molecule has 0 unspecified atom stereocenters. The standard InChI is InChI=1S/C25H34FN3O5S/c1-5-16-27-25(31)19(2)28(18-20-8-10-21(26)11-9-20)24(30)7-6-17-29(35(4,32)33)22-12-14-23(34-3)15-13-22/h8-15,19H,5-7,16-18H2,1-4H3,(H,27,31)/t19-/m1/s1. The summed E-state index contributed by atoms with van der Waals surface area (Å²) < 4.78 is 44.4. The summed E-state index contributed by atoms with van der Waals surface area (Å²) in [4.78, 5) is 27.2. The van der Waals surface area contributed by atoms with Gasteiger partial charge in [-0.3, -0.25) is 13.9 Å². The minimum Gasteiger partial charge on any atom is -0.497 e. The number of carbonyl (C=O) groups excluding carboxylic acids is 2. The Balaban J connectivity index is 2.14. The highest BCUT2D eigenvalue weighted by atomic mass is 32.2. The van der Waals surface area contributed by atoms with E-state index in [1.807, 2.05) is 6.92 Å². The molecule has 2 aromatic carbocycles. The first kappa shape index (κ1) is 28.1. The van der Waals surface area contributed by atoms with Gasteiger partial charge in [-0.05, 0) is 61.7 Å². The number of benzene rings is 2. The summed E-state index contributed by atoms with van der Waals surface area (Å²) in [5, 5.41) is 2.80. The molecule has 1 N–H and O–H groups in total. The van der Waals surface area contributed by atoms with E-state index in [2.05, 4.69) is 5.32 Å². The number of nitrogens with zero attached hydrogens (tertiary/aromatic N) is 2. The molecule has 2 aromatic rings. The second-order valence-corrected chi connectivity index (χ2v) is 10.2. The number of ether oxygens (including phenoxy) is 1. The molecular weight excluding hydrogens is 473 g/mol. The maximum atomic E-state index is 13.3. The van der Waals surface area contributed by atoms with Gasteiger partial charge in [0.25, 0.3) is 0 Å². The van der Waals surface area contributed by atoms with Crippen LogP contribution in [0.2, 0.25) is 0 Å². The SMILES string of the molecule is CCCNC(=O)[C@@H](C)N(Cc1ccc(F)cc1)C(=O)CCCN(c1ccc(OC)cc1)S(C)(=O)=O. The molecule has 0 aliphatic rings. The van der Waals surface area contributed by atoms with E-state index in [1.165, 1.54) is 28.4 Å². The highest BCUT2D eigenvalue weighted by molar-refractivity contribution is 7.92. The Morgan fingerprint density at radius 1 is 1.09 bits per heavy atom. The van der Waals surface area contributed by atoms with E-state index < -0.39 is 16.1 Å². The third-order valence-electron chi connectivity index (χ3n) is 5.50. The molecule has 0 heterocycles. The first-order valence-corrected chi connectivity index (χ1v) is 13.3.